The minimum atomic E-state index is -0.974. The number of carbonyl (C=O) groups excluding carboxylic acids is 4. The van der Waals surface area contributed by atoms with E-state index in [1.54, 1.807) is 23.1 Å². The molecule has 1 spiro atoms. The summed E-state index contributed by atoms with van der Waals surface area (Å²) in [5.74, 6) is -1.87. The summed E-state index contributed by atoms with van der Waals surface area (Å²) in [5.41, 5.74) is 6.64. The van der Waals surface area contributed by atoms with E-state index in [1.165, 1.54) is 0 Å². The Labute approximate surface area is 208 Å². The van der Waals surface area contributed by atoms with E-state index < -0.39 is 23.9 Å². The van der Waals surface area contributed by atoms with Gasteiger partial charge in [-0.2, -0.15) is 0 Å². The molecule has 2 aromatic rings. The first-order chi connectivity index (χ1) is 16.8. The number of carbonyl (C=O) groups is 4. The molecular weight excluding hydrogens is 470 g/mol. The van der Waals surface area contributed by atoms with Crippen LogP contribution in [0, 0.1) is 11.3 Å². The SMILES string of the molecule is NC(=O)[C@H](C[C@@H]1CCCNC1=O)NC(=O)C1CC2(CCC2)CN1C(=O)c1cc2c(Cl)cccc2[nH]1. The van der Waals surface area contributed by atoms with E-state index in [4.69, 9.17) is 17.3 Å². The molecule has 3 atom stereocenters. The van der Waals surface area contributed by atoms with E-state index in [-0.39, 0.29) is 29.6 Å². The van der Waals surface area contributed by atoms with E-state index in [2.05, 4.69) is 15.6 Å². The van der Waals surface area contributed by atoms with Gasteiger partial charge in [-0.3, -0.25) is 19.2 Å². The molecule has 1 aromatic carbocycles. The molecule has 2 saturated heterocycles. The summed E-state index contributed by atoms with van der Waals surface area (Å²) in [4.78, 5) is 56.1. The van der Waals surface area contributed by atoms with Gasteiger partial charge >= 0.3 is 0 Å². The number of aromatic nitrogens is 1. The number of nitrogens with zero attached hydrogens (tertiary/aromatic N) is 1. The fourth-order valence-electron chi connectivity index (χ4n) is 5.79. The zero-order chi connectivity index (χ0) is 24.7. The number of piperidine rings is 1. The van der Waals surface area contributed by atoms with Crippen LogP contribution in [0.4, 0.5) is 0 Å². The molecule has 1 aliphatic carbocycles. The number of nitrogens with one attached hydrogen (secondary N) is 3. The number of likely N-dealkylation sites (tertiary alicyclic amines) is 1. The van der Waals surface area contributed by atoms with Crippen LogP contribution in [0.1, 0.15) is 55.4 Å². The third-order valence-corrected chi connectivity index (χ3v) is 8.24. The number of H-pyrrole nitrogens is 1. The van der Waals surface area contributed by atoms with Crippen molar-refractivity contribution in [3.63, 3.8) is 0 Å². The van der Waals surface area contributed by atoms with Crippen LogP contribution in [-0.4, -0.2) is 58.7 Å². The lowest BCUT2D eigenvalue weighted by Gasteiger charge is -2.37. The van der Waals surface area contributed by atoms with Crippen LogP contribution in [0.3, 0.4) is 0 Å². The van der Waals surface area contributed by atoms with Crippen molar-refractivity contribution in [2.45, 2.75) is 57.0 Å². The number of halogens is 1. The molecule has 35 heavy (non-hydrogen) atoms. The van der Waals surface area contributed by atoms with Gasteiger partial charge in [-0.05, 0) is 62.1 Å². The second-order valence-electron chi connectivity index (χ2n) is 10.2. The monoisotopic (exact) mass is 499 g/mol. The number of amides is 4. The van der Waals surface area contributed by atoms with Crippen molar-refractivity contribution in [1.82, 2.24) is 20.5 Å². The smallest absolute Gasteiger partial charge is 0.271 e. The number of fused-ring (bicyclic) bond motifs is 1. The van der Waals surface area contributed by atoms with E-state index in [0.29, 0.717) is 36.6 Å². The van der Waals surface area contributed by atoms with Gasteiger partial charge in [-0.15, -0.1) is 0 Å². The largest absolute Gasteiger partial charge is 0.368 e. The topological polar surface area (TPSA) is 137 Å². The molecule has 9 nitrogen and oxygen atoms in total. The minimum absolute atomic E-state index is 0.0766. The first-order valence-corrected chi connectivity index (χ1v) is 12.6. The lowest BCUT2D eigenvalue weighted by Crippen LogP contribution is -2.53. The van der Waals surface area contributed by atoms with Crippen molar-refractivity contribution in [2.24, 2.45) is 17.1 Å². The predicted octanol–water partition coefficient (Wildman–Crippen LogP) is 2.09. The average Bonchev–Trinajstić information content (AvgIpc) is 3.43. The fourth-order valence-corrected chi connectivity index (χ4v) is 6.02. The van der Waals surface area contributed by atoms with Gasteiger partial charge in [0.15, 0.2) is 0 Å². The summed E-state index contributed by atoms with van der Waals surface area (Å²) in [6.45, 7) is 1.10. The third kappa shape index (κ3) is 4.49. The number of hydrogen-bond acceptors (Lipinski definition) is 4. The van der Waals surface area contributed by atoms with E-state index in [9.17, 15) is 19.2 Å². The second kappa shape index (κ2) is 9.18. The van der Waals surface area contributed by atoms with Gasteiger partial charge < -0.3 is 26.3 Å². The summed E-state index contributed by atoms with van der Waals surface area (Å²) in [5, 5.41) is 6.85. The number of primary amides is 1. The van der Waals surface area contributed by atoms with Crippen LogP contribution in [0.15, 0.2) is 24.3 Å². The summed E-state index contributed by atoms with van der Waals surface area (Å²) in [6.07, 6.45) is 5.14. The lowest BCUT2D eigenvalue weighted by atomic mass is 9.67. The Morgan fingerprint density at radius 3 is 2.71 bits per heavy atom. The van der Waals surface area contributed by atoms with E-state index in [1.807, 2.05) is 6.07 Å². The Hall–Kier alpha value is -3.07. The first kappa shape index (κ1) is 23.7. The van der Waals surface area contributed by atoms with Gasteiger partial charge in [0.2, 0.25) is 17.7 Å². The van der Waals surface area contributed by atoms with Crippen LogP contribution >= 0.6 is 11.6 Å². The van der Waals surface area contributed by atoms with Gasteiger partial charge in [0.05, 0.1) is 0 Å². The number of hydrogen-bond donors (Lipinski definition) is 4. The Morgan fingerprint density at radius 2 is 2.06 bits per heavy atom. The van der Waals surface area contributed by atoms with Crippen LogP contribution in [0.25, 0.3) is 10.9 Å². The van der Waals surface area contributed by atoms with Crippen molar-refractivity contribution >= 4 is 46.1 Å². The highest BCUT2D eigenvalue weighted by atomic mass is 35.5. The van der Waals surface area contributed by atoms with E-state index >= 15 is 0 Å². The third-order valence-electron chi connectivity index (χ3n) is 7.91. The molecule has 5 N–H and O–H groups in total. The maximum Gasteiger partial charge on any atom is 0.271 e. The quantitative estimate of drug-likeness (QED) is 0.483. The van der Waals surface area contributed by atoms with Crippen molar-refractivity contribution < 1.29 is 19.2 Å². The van der Waals surface area contributed by atoms with Crippen LogP contribution in [0.5, 0.6) is 0 Å². The Morgan fingerprint density at radius 1 is 1.26 bits per heavy atom. The molecule has 3 fully saturated rings. The zero-order valence-corrected chi connectivity index (χ0v) is 20.2. The number of rotatable bonds is 6. The van der Waals surface area contributed by atoms with Gasteiger partial charge in [0.25, 0.3) is 5.91 Å². The molecule has 2 aliphatic heterocycles. The Balaban J connectivity index is 1.36. The molecule has 186 valence electrons. The summed E-state index contributed by atoms with van der Waals surface area (Å²) < 4.78 is 0. The fraction of sp³-hybridized carbons (Fsp3) is 0.520. The van der Waals surface area contributed by atoms with Crippen molar-refractivity contribution in [3.05, 3.63) is 35.0 Å². The molecule has 3 heterocycles. The first-order valence-electron chi connectivity index (χ1n) is 12.2. The zero-order valence-electron chi connectivity index (χ0n) is 19.4. The molecular formula is C25H30ClN5O4. The molecule has 1 aromatic heterocycles. The summed E-state index contributed by atoms with van der Waals surface area (Å²) in [7, 11) is 0. The highest BCUT2D eigenvalue weighted by molar-refractivity contribution is 6.35. The normalized spacial score (nSPS) is 24.1. The van der Waals surface area contributed by atoms with Gasteiger partial charge in [-0.1, -0.05) is 24.1 Å². The van der Waals surface area contributed by atoms with Gasteiger partial charge in [0.1, 0.15) is 17.8 Å². The molecule has 5 rings (SSSR count). The van der Waals surface area contributed by atoms with Crippen molar-refractivity contribution in [3.8, 4) is 0 Å². The molecule has 1 saturated carbocycles. The average molecular weight is 500 g/mol. The van der Waals surface area contributed by atoms with Gasteiger partial charge in [-0.25, -0.2) is 0 Å². The molecule has 0 bridgehead atoms. The highest BCUT2D eigenvalue weighted by Gasteiger charge is 2.52. The summed E-state index contributed by atoms with van der Waals surface area (Å²) in [6, 6.07) is 5.44. The summed E-state index contributed by atoms with van der Waals surface area (Å²) >= 11 is 6.29. The molecule has 4 amide bonds. The highest BCUT2D eigenvalue weighted by Crippen LogP contribution is 2.50. The maximum atomic E-state index is 13.6. The molecule has 1 unspecified atom stereocenters. The standard InChI is InChI=1S/C25H30ClN5O4/c26-16-5-1-6-17-15(16)11-19(29-17)24(35)31-13-25(7-3-8-25)12-20(31)23(34)30-18(21(27)32)10-14-4-2-9-28-22(14)33/h1,5-6,11,14,18,20,29H,2-4,7-10,12-13H2,(H2,27,32)(H,28,33)(H,30,34)/t14-,18-,20?/m0/s1. The number of aromatic amines is 1. The molecule has 3 aliphatic rings. The Bertz CT molecular complexity index is 1190. The molecule has 10 heteroatoms. The number of nitrogens with two attached hydrogens (primary N) is 1. The Kier molecular flexibility index (Phi) is 6.21. The molecule has 0 radical (unpaired) electrons. The second-order valence-corrected chi connectivity index (χ2v) is 10.6. The van der Waals surface area contributed by atoms with Crippen LogP contribution < -0.4 is 16.4 Å². The number of benzene rings is 1. The lowest BCUT2D eigenvalue weighted by molar-refractivity contribution is -0.132. The van der Waals surface area contributed by atoms with Crippen molar-refractivity contribution in [1.29, 1.82) is 0 Å². The van der Waals surface area contributed by atoms with Crippen LogP contribution in [0.2, 0.25) is 5.02 Å². The van der Waals surface area contributed by atoms with Gasteiger partial charge in [0, 0.05) is 34.9 Å². The minimum Gasteiger partial charge on any atom is -0.368 e. The van der Waals surface area contributed by atoms with E-state index in [0.717, 1.165) is 36.6 Å². The predicted molar refractivity (Wildman–Crippen MR) is 131 cm³/mol. The van der Waals surface area contributed by atoms with Crippen molar-refractivity contribution in [2.75, 3.05) is 13.1 Å². The van der Waals surface area contributed by atoms with Crippen LogP contribution in [-0.2, 0) is 14.4 Å². The maximum absolute atomic E-state index is 13.6.